The van der Waals surface area contributed by atoms with E-state index in [9.17, 15) is 0 Å². The summed E-state index contributed by atoms with van der Waals surface area (Å²) in [6.07, 6.45) is -0.962. The monoisotopic (exact) mass is 498 g/mol. The van der Waals surface area contributed by atoms with E-state index in [1.54, 1.807) is 11.8 Å². The predicted octanol–water partition coefficient (Wildman–Crippen LogP) is 6.99. The van der Waals surface area contributed by atoms with Crippen molar-refractivity contribution in [3.05, 3.63) is 114 Å². The molecule has 4 aromatic rings. The Morgan fingerprint density at radius 3 is 2.33 bits per heavy atom. The van der Waals surface area contributed by atoms with Gasteiger partial charge in [0.15, 0.2) is 6.29 Å². The molecule has 36 heavy (non-hydrogen) atoms. The molecule has 4 nitrogen and oxygen atoms in total. The Bertz CT molecular complexity index is 1280. The highest BCUT2D eigenvalue weighted by atomic mass is 32.2. The Balaban J connectivity index is 1.24. The number of hydrogen-bond donors (Lipinski definition) is 0. The molecular weight excluding hydrogens is 468 g/mol. The topological polar surface area (TPSA) is 36.9 Å². The molecule has 2 heterocycles. The highest BCUT2D eigenvalue weighted by Crippen LogP contribution is 2.42. The third-order valence-corrected chi connectivity index (χ3v) is 8.28. The number of thioether (sulfide) groups is 1. The molecule has 6 rings (SSSR count). The highest BCUT2D eigenvalue weighted by molar-refractivity contribution is 7.99. The minimum atomic E-state index is -0.423. The van der Waals surface area contributed by atoms with Crippen molar-refractivity contribution in [1.82, 2.24) is 0 Å². The Morgan fingerprint density at radius 2 is 1.53 bits per heavy atom. The summed E-state index contributed by atoms with van der Waals surface area (Å²) in [4.78, 5) is 1.18. The van der Waals surface area contributed by atoms with E-state index < -0.39 is 6.29 Å². The van der Waals surface area contributed by atoms with Gasteiger partial charge in [0, 0.05) is 16.4 Å². The minimum Gasteiger partial charge on any atom is -0.370 e. The lowest BCUT2D eigenvalue weighted by atomic mass is 9.92. The van der Waals surface area contributed by atoms with Crippen LogP contribution in [-0.2, 0) is 25.6 Å². The van der Waals surface area contributed by atoms with Crippen LogP contribution in [0, 0.1) is 5.92 Å². The van der Waals surface area contributed by atoms with Crippen LogP contribution in [-0.4, -0.2) is 30.4 Å². The van der Waals surface area contributed by atoms with Crippen molar-refractivity contribution in [1.29, 1.82) is 0 Å². The van der Waals surface area contributed by atoms with Crippen LogP contribution in [0.1, 0.15) is 24.3 Å². The lowest BCUT2D eigenvalue weighted by Crippen LogP contribution is -2.58. The van der Waals surface area contributed by atoms with Gasteiger partial charge >= 0.3 is 0 Å². The minimum absolute atomic E-state index is 0.0595. The Morgan fingerprint density at radius 1 is 0.806 bits per heavy atom. The van der Waals surface area contributed by atoms with Gasteiger partial charge in [0.05, 0.1) is 19.3 Å². The summed E-state index contributed by atoms with van der Waals surface area (Å²) in [7, 11) is 0. The van der Waals surface area contributed by atoms with Gasteiger partial charge in [-0.25, -0.2) is 0 Å². The Labute approximate surface area is 216 Å². The molecule has 5 heteroatoms. The lowest BCUT2D eigenvalue weighted by Gasteiger charge is -2.48. The fourth-order valence-corrected chi connectivity index (χ4v) is 6.17. The van der Waals surface area contributed by atoms with Crippen LogP contribution in [0.2, 0.25) is 0 Å². The van der Waals surface area contributed by atoms with Crippen molar-refractivity contribution in [3.63, 3.8) is 0 Å². The van der Waals surface area contributed by atoms with E-state index in [2.05, 4.69) is 73.7 Å². The molecule has 0 spiro atoms. The second kappa shape index (κ2) is 10.8. The summed E-state index contributed by atoms with van der Waals surface area (Å²) in [5, 5.41) is 2.46. The van der Waals surface area contributed by atoms with Crippen molar-refractivity contribution in [2.75, 3.05) is 6.61 Å². The molecule has 0 aromatic heterocycles. The molecule has 4 aromatic carbocycles. The van der Waals surface area contributed by atoms with Crippen LogP contribution in [0.4, 0.5) is 0 Å². The summed E-state index contributed by atoms with van der Waals surface area (Å²) in [5.41, 5.74) is 2.11. The van der Waals surface area contributed by atoms with E-state index in [4.69, 9.17) is 18.9 Å². The zero-order chi connectivity index (χ0) is 24.3. The zero-order valence-corrected chi connectivity index (χ0v) is 21.1. The van der Waals surface area contributed by atoms with Gasteiger partial charge in [-0.05, 0) is 34.5 Å². The highest BCUT2D eigenvalue weighted by Gasteiger charge is 2.49. The van der Waals surface area contributed by atoms with Crippen molar-refractivity contribution < 1.29 is 18.9 Å². The average molecular weight is 499 g/mol. The standard InChI is InChI=1S/C31H30O4S/c1-21-28(32-19-22-16-17-23-10-8-9-13-25(23)18-22)29-27(34-31(21)36-26-14-6-3-7-15-26)20-33-30(35-29)24-11-4-2-5-12-24/h2-18,21,27-31H,19-20H2,1H3/t21?,27?,28-,29+,30?,31+/m1/s1. The first-order valence-electron chi connectivity index (χ1n) is 12.5. The fourth-order valence-electron chi connectivity index (χ4n) is 5.02. The van der Waals surface area contributed by atoms with E-state index in [1.807, 2.05) is 36.4 Å². The van der Waals surface area contributed by atoms with E-state index in [0.717, 1.165) is 11.1 Å². The molecule has 0 saturated carbocycles. The van der Waals surface area contributed by atoms with Gasteiger partial charge in [0.25, 0.3) is 0 Å². The van der Waals surface area contributed by atoms with E-state index in [0.29, 0.717) is 13.2 Å². The summed E-state index contributed by atoms with van der Waals surface area (Å²) in [6, 6.07) is 35.4. The van der Waals surface area contributed by atoms with Crippen LogP contribution >= 0.6 is 11.8 Å². The molecule has 0 bridgehead atoms. The molecule has 2 saturated heterocycles. The van der Waals surface area contributed by atoms with Crippen molar-refractivity contribution in [2.45, 2.75) is 48.5 Å². The molecule has 6 atom stereocenters. The van der Waals surface area contributed by atoms with Crippen molar-refractivity contribution >= 4 is 22.5 Å². The summed E-state index contributed by atoms with van der Waals surface area (Å²) < 4.78 is 25.9. The second-order valence-electron chi connectivity index (χ2n) is 9.47. The maximum Gasteiger partial charge on any atom is 0.184 e. The van der Waals surface area contributed by atoms with Crippen LogP contribution in [0.3, 0.4) is 0 Å². The van der Waals surface area contributed by atoms with Gasteiger partial charge < -0.3 is 18.9 Å². The maximum atomic E-state index is 6.68. The first-order chi connectivity index (χ1) is 17.7. The largest absolute Gasteiger partial charge is 0.370 e. The number of hydrogen-bond acceptors (Lipinski definition) is 5. The van der Waals surface area contributed by atoms with E-state index in [1.165, 1.54) is 15.7 Å². The average Bonchev–Trinajstić information content (AvgIpc) is 2.94. The summed E-state index contributed by atoms with van der Waals surface area (Å²) >= 11 is 1.74. The summed E-state index contributed by atoms with van der Waals surface area (Å²) in [6.45, 7) is 3.20. The van der Waals surface area contributed by atoms with E-state index in [-0.39, 0.29) is 29.7 Å². The number of rotatable bonds is 6. The van der Waals surface area contributed by atoms with Gasteiger partial charge in [-0.15, -0.1) is 0 Å². The van der Waals surface area contributed by atoms with Gasteiger partial charge in [0.1, 0.15) is 17.6 Å². The molecule has 184 valence electrons. The molecule has 3 unspecified atom stereocenters. The van der Waals surface area contributed by atoms with Gasteiger partial charge in [-0.3, -0.25) is 0 Å². The number of benzene rings is 4. The first-order valence-corrected chi connectivity index (χ1v) is 13.4. The molecule has 0 amide bonds. The lowest BCUT2D eigenvalue weighted by molar-refractivity contribution is -0.317. The van der Waals surface area contributed by atoms with Crippen LogP contribution in [0.5, 0.6) is 0 Å². The fraction of sp³-hybridized carbons (Fsp3) is 0.290. The smallest absolute Gasteiger partial charge is 0.184 e. The van der Waals surface area contributed by atoms with Gasteiger partial charge in [-0.2, -0.15) is 0 Å². The Kier molecular flexibility index (Phi) is 7.08. The van der Waals surface area contributed by atoms with Crippen LogP contribution in [0.15, 0.2) is 108 Å². The number of ether oxygens (including phenoxy) is 4. The van der Waals surface area contributed by atoms with Gasteiger partial charge in [-0.1, -0.05) is 104 Å². The maximum absolute atomic E-state index is 6.68. The molecule has 2 aliphatic rings. The third-order valence-electron chi connectivity index (χ3n) is 6.96. The molecule has 2 fully saturated rings. The SMILES string of the molecule is CC1[C@@H](OCc2ccc3ccccc3c2)[C@H]2OC(c3ccccc3)OCC2O[C@H]1Sc1ccccc1. The predicted molar refractivity (Wildman–Crippen MR) is 143 cm³/mol. The zero-order valence-electron chi connectivity index (χ0n) is 20.2. The van der Waals surface area contributed by atoms with Gasteiger partial charge in [0.2, 0.25) is 0 Å². The quantitative estimate of drug-likeness (QED) is 0.286. The van der Waals surface area contributed by atoms with E-state index >= 15 is 0 Å². The molecule has 2 aliphatic heterocycles. The van der Waals surface area contributed by atoms with Crippen molar-refractivity contribution in [2.24, 2.45) is 5.92 Å². The van der Waals surface area contributed by atoms with Crippen LogP contribution < -0.4 is 0 Å². The Hall–Kier alpha value is -2.67. The molecular formula is C31H30O4S. The summed E-state index contributed by atoms with van der Waals surface area (Å²) in [5.74, 6) is 0.117. The molecule has 0 N–H and O–H groups in total. The molecule has 0 radical (unpaired) electrons. The second-order valence-corrected chi connectivity index (χ2v) is 10.6. The normalized spacial score (nSPS) is 28.0. The third kappa shape index (κ3) is 5.08. The molecule has 0 aliphatic carbocycles. The first kappa shape index (κ1) is 23.7. The number of fused-ring (bicyclic) bond motifs is 2. The van der Waals surface area contributed by atoms with Crippen LogP contribution in [0.25, 0.3) is 10.8 Å². The van der Waals surface area contributed by atoms with Crippen molar-refractivity contribution in [3.8, 4) is 0 Å².